The molecule has 3 aliphatic heterocycles. The fraction of sp³-hybridized carbons (Fsp3) is 0.500. The molecule has 0 aliphatic carbocycles. The van der Waals surface area contributed by atoms with Gasteiger partial charge in [-0.05, 0) is 51.0 Å². The maximum atomic E-state index is 14.2. The van der Waals surface area contributed by atoms with Crippen molar-refractivity contribution in [1.82, 2.24) is 0 Å². The van der Waals surface area contributed by atoms with Gasteiger partial charge < -0.3 is 28.6 Å². The van der Waals surface area contributed by atoms with Crippen LogP contribution in [0.3, 0.4) is 0 Å². The molecule has 8 heteroatoms. The summed E-state index contributed by atoms with van der Waals surface area (Å²) in [6.07, 6.45) is -2.66. The summed E-state index contributed by atoms with van der Waals surface area (Å²) in [5.41, 5.74) is 2.03. The Hall–Kier alpha value is -1.57. The van der Waals surface area contributed by atoms with Crippen molar-refractivity contribution in [3.63, 3.8) is 0 Å². The molecule has 2 aromatic carbocycles. The van der Waals surface area contributed by atoms with Gasteiger partial charge in [-0.1, -0.05) is 42.5 Å². The second-order valence-corrected chi connectivity index (χ2v) is 11.9. The van der Waals surface area contributed by atoms with E-state index in [1.807, 2.05) is 56.3 Å². The van der Waals surface area contributed by atoms with E-state index in [9.17, 15) is 9.67 Å². The van der Waals surface area contributed by atoms with E-state index >= 15 is 0 Å². The summed E-state index contributed by atoms with van der Waals surface area (Å²) >= 11 is 0. The van der Waals surface area contributed by atoms with Crippen LogP contribution in [0.1, 0.15) is 27.7 Å². The van der Waals surface area contributed by atoms with Crippen LogP contribution in [-0.4, -0.2) is 53.5 Å². The molecule has 0 radical (unpaired) electrons. The molecule has 1 N–H and O–H groups in total. The monoisotopic (exact) mass is 460 g/mol. The topological polar surface area (TPSA) is 83.5 Å². The third-order valence-corrected chi connectivity index (χ3v) is 8.70. The van der Waals surface area contributed by atoms with Crippen molar-refractivity contribution in [2.75, 3.05) is 6.61 Å². The lowest BCUT2D eigenvalue weighted by Crippen LogP contribution is -2.55. The molecular formula is C24H29O7P. The highest BCUT2D eigenvalue weighted by molar-refractivity contribution is 7.67. The van der Waals surface area contributed by atoms with E-state index < -0.39 is 49.2 Å². The average Bonchev–Trinajstić information content (AvgIpc) is 3.29. The fourth-order valence-corrected chi connectivity index (χ4v) is 7.01. The van der Waals surface area contributed by atoms with Gasteiger partial charge >= 0.3 is 0 Å². The lowest BCUT2D eigenvalue weighted by molar-refractivity contribution is -0.174. The fourth-order valence-electron chi connectivity index (χ4n) is 4.66. The second-order valence-electron chi connectivity index (χ2n) is 9.43. The first kappa shape index (κ1) is 22.2. The van der Waals surface area contributed by atoms with Crippen molar-refractivity contribution in [1.29, 1.82) is 0 Å². The van der Waals surface area contributed by atoms with Crippen LogP contribution in [0.2, 0.25) is 0 Å². The number of fused-ring (bicyclic) bond motifs is 1. The van der Waals surface area contributed by atoms with Crippen molar-refractivity contribution in [2.24, 2.45) is 0 Å². The molecule has 3 aliphatic rings. The van der Waals surface area contributed by atoms with E-state index in [2.05, 4.69) is 0 Å². The van der Waals surface area contributed by atoms with E-state index in [4.69, 9.17) is 23.5 Å². The molecule has 3 heterocycles. The average molecular weight is 460 g/mol. The SMILES string of the molecule is CC1(C)O[C@H]2[C@@H]([C@H]3COC(C)(C)O3)O[P@](=O)(c3ccc(-c4ccccc4)cc3)[C@@H](O)[C@H]2O1. The van der Waals surface area contributed by atoms with Gasteiger partial charge in [0, 0.05) is 5.30 Å². The Kier molecular flexibility index (Phi) is 5.38. The van der Waals surface area contributed by atoms with E-state index in [0.29, 0.717) is 5.30 Å². The molecule has 0 aromatic heterocycles. The smallest absolute Gasteiger partial charge is 0.262 e. The number of hydrogen-bond donors (Lipinski definition) is 1. The van der Waals surface area contributed by atoms with Crippen molar-refractivity contribution < 1.29 is 33.1 Å². The number of aliphatic hydroxyl groups excluding tert-OH is 1. The van der Waals surface area contributed by atoms with Crippen LogP contribution in [0.15, 0.2) is 54.6 Å². The van der Waals surface area contributed by atoms with E-state index in [1.165, 1.54) is 0 Å². The number of benzene rings is 2. The molecule has 0 saturated carbocycles. The first-order valence-electron chi connectivity index (χ1n) is 10.9. The van der Waals surface area contributed by atoms with Crippen molar-refractivity contribution in [2.45, 2.75) is 69.5 Å². The summed E-state index contributed by atoms with van der Waals surface area (Å²) in [4.78, 5) is 0. The molecule has 0 spiro atoms. The highest BCUT2D eigenvalue weighted by Crippen LogP contribution is 2.60. The molecule has 0 amide bonds. The van der Waals surface area contributed by atoms with E-state index in [-0.39, 0.29) is 6.61 Å². The van der Waals surface area contributed by atoms with Crippen LogP contribution in [0.5, 0.6) is 0 Å². The van der Waals surface area contributed by atoms with Gasteiger partial charge in [0.25, 0.3) is 7.37 Å². The Morgan fingerprint density at radius 1 is 0.812 bits per heavy atom. The molecule has 172 valence electrons. The van der Waals surface area contributed by atoms with Crippen LogP contribution in [0, 0.1) is 0 Å². The number of hydrogen-bond acceptors (Lipinski definition) is 7. The largest absolute Gasteiger partial charge is 0.380 e. The minimum Gasteiger partial charge on any atom is -0.380 e. The molecule has 3 saturated heterocycles. The summed E-state index contributed by atoms with van der Waals surface area (Å²) in [6, 6.07) is 17.2. The van der Waals surface area contributed by atoms with E-state index in [0.717, 1.165) is 11.1 Å². The van der Waals surface area contributed by atoms with E-state index in [1.54, 1.807) is 26.0 Å². The first-order chi connectivity index (χ1) is 15.1. The Labute approximate surface area is 188 Å². The molecule has 6 atom stereocenters. The molecule has 0 bridgehead atoms. The first-order valence-corrected chi connectivity index (χ1v) is 12.6. The zero-order valence-corrected chi connectivity index (χ0v) is 19.5. The number of ether oxygens (including phenoxy) is 4. The normalized spacial score (nSPS) is 37.8. The predicted molar refractivity (Wildman–Crippen MR) is 119 cm³/mol. The highest BCUT2D eigenvalue weighted by atomic mass is 31.2. The molecule has 2 aromatic rings. The molecule has 7 nitrogen and oxygen atoms in total. The molecule has 32 heavy (non-hydrogen) atoms. The summed E-state index contributed by atoms with van der Waals surface area (Å²) in [5.74, 6) is -3.08. The summed E-state index contributed by atoms with van der Waals surface area (Å²) in [5, 5.41) is 11.6. The number of aliphatic hydroxyl groups is 1. The molecule has 0 unspecified atom stereocenters. The second kappa shape index (κ2) is 7.74. The van der Waals surface area contributed by atoms with Gasteiger partial charge in [0.15, 0.2) is 17.4 Å². The van der Waals surface area contributed by atoms with Crippen LogP contribution in [0.4, 0.5) is 0 Å². The third-order valence-electron chi connectivity index (χ3n) is 6.14. The van der Waals surface area contributed by atoms with Crippen molar-refractivity contribution in [3.05, 3.63) is 54.6 Å². The van der Waals surface area contributed by atoms with Crippen molar-refractivity contribution in [3.8, 4) is 11.1 Å². The third kappa shape index (κ3) is 3.86. The van der Waals surface area contributed by atoms with Gasteiger partial charge in [0.1, 0.15) is 24.4 Å². The zero-order valence-electron chi connectivity index (χ0n) is 18.6. The Morgan fingerprint density at radius 3 is 2.06 bits per heavy atom. The highest BCUT2D eigenvalue weighted by Gasteiger charge is 2.62. The van der Waals surface area contributed by atoms with Gasteiger partial charge in [-0.15, -0.1) is 0 Å². The lowest BCUT2D eigenvalue weighted by Gasteiger charge is -2.41. The molecule has 5 rings (SSSR count). The van der Waals surface area contributed by atoms with Crippen LogP contribution in [0.25, 0.3) is 11.1 Å². The minimum absolute atomic E-state index is 0.272. The van der Waals surface area contributed by atoms with Gasteiger partial charge in [-0.2, -0.15) is 0 Å². The minimum atomic E-state index is -3.73. The number of rotatable bonds is 3. The quantitative estimate of drug-likeness (QED) is 0.700. The van der Waals surface area contributed by atoms with Gasteiger partial charge in [0.2, 0.25) is 0 Å². The van der Waals surface area contributed by atoms with Gasteiger partial charge in [0.05, 0.1) is 6.61 Å². The zero-order chi connectivity index (χ0) is 22.7. The maximum absolute atomic E-state index is 14.2. The Morgan fingerprint density at radius 2 is 1.44 bits per heavy atom. The predicted octanol–water partition coefficient (Wildman–Crippen LogP) is 3.65. The Bertz CT molecular complexity index is 1020. The van der Waals surface area contributed by atoms with Crippen LogP contribution >= 0.6 is 7.37 Å². The van der Waals surface area contributed by atoms with Crippen LogP contribution < -0.4 is 5.30 Å². The standard InChI is InChI=1S/C24H29O7P/c1-23(2)27-14-18(28-23)19-20-21(30-24(3,4)29-20)22(25)32(26,31-19)17-12-10-16(11-13-17)15-8-6-5-7-9-15/h5-13,18-22,25H,14H2,1-4H3/t18-,19-,20+,21+,22-,32-/m1/s1. The Balaban J connectivity index is 1.49. The maximum Gasteiger partial charge on any atom is 0.262 e. The molecular weight excluding hydrogens is 431 g/mol. The summed E-state index contributed by atoms with van der Waals surface area (Å²) < 4.78 is 44.2. The summed E-state index contributed by atoms with van der Waals surface area (Å²) in [7, 11) is -3.73. The molecule has 3 fully saturated rings. The van der Waals surface area contributed by atoms with Gasteiger partial charge in [-0.3, -0.25) is 4.57 Å². The van der Waals surface area contributed by atoms with Crippen LogP contribution in [-0.2, 0) is 28.0 Å². The van der Waals surface area contributed by atoms with Gasteiger partial charge in [-0.25, -0.2) is 0 Å². The summed E-state index contributed by atoms with van der Waals surface area (Å²) in [6.45, 7) is 7.45. The van der Waals surface area contributed by atoms with Crippen molar-refractivity contribution >= 4 is 12.7 Å². The lowest BCUT2D eigenvalue weighted by atomic mass is 10.0.